The van der Waals surface area contributed by atoms with Crippen molar-refractivity contribution in [2.45, 2.75) is 45.2 Å². The summed E-state index contributed by atoms with van der Waals surface area (Å²) in [6.07, 6.45) is -0.0668. The van der Waals surface area contributed by atoms with Crippen molar-refractivity contribution >= 4 is 39.9 Å². The predicted molar refractivity (Wildman–Crippen MR) is 116 cm³/mol. The summed E-state index contributed by atoms with van der Waals surface area (Å²) in [5.74, 6) is -2.22. The highest BCUT2D eigenvalue weighted by atomic mass is 16.5. The summed E-state index contributed by atoms with van der Waals surface area (Å²) in [4.78, 5) is 38.6. The number of aryl methyl sites for hydroxylation is 1. The quantitative estimate of drug-likeness (QED) is 0.237. The summed E-state index contributed by atoms with van der Waals surface area (Å²) in [6.45, 7) is 3.09. The molecule has 32 heavy (non-hydrogen) atoms. The number of benzene rings is 2. The van der Waals surface area contributed by atoms with Gasteiger partial charge >= 0.3 is 11.9 Å². The van der Waals surface area contributed by atoms with Gasteiger partial charge in [-0.15, -0.1) is 0 Å². The number of carboxylic acid groups (broad SMARTS) is 2. The molecular formula is C23H26N3O6+. The first-order valence-corrected chi connectivity index (χ1v) is 10.5. The van der Waals surface area contributed by atoms with Gasteiger partial charge < -0.3 is 20.3 Å². The van der Waals surface area contributed by atoms with Crippen LogP contribution in [0.25, 0.3) is 22.1 Å². The Morgan fingerprint density at radius 3 is 2.53 bits per heavy atom. The fraction of sp³-hybridized carbons (Fsp3) is 0.348. The van der Waals surface area contributed by atoms with Crippen LogP contribution in [0.4, 0.5) is 0 Å². The number of aromatic nitrogens is 2. The number of rotatable bonds is 11. The smallest absolute Gasteiger partial charge is 0.326 e. The van der Waals surface area contributed by atoms with Crippen molar-refractivity contribution in [3.8, 4) is 5.75 Å². The topological polar surface area (TPSA) is 130 Å². The molecule has 0 saturated carbocycles. The minimum absolute atomic E-state index is 0.0624. The van der Waals surface area contributed by atoms with E-state index in [1.54, 1.807) is 0 Å². The van der Waals surface area contributed by atoms with Gasteiger partial charge in [0.1, 0.15) is 18.1 Å². The van der Waals surface area contributed by atoms with E-state index in [2.05, 4.69) is 16.8 Å². The molecule has 0 aliphatic heterocycles. The molecule has 2 aromatic carbocycles. The monoisotopic (exact) mass is 440 g/mol. The lowest BCUT2D eigenvalue weighted by Gasteiger charge is -2.13. The number of fused-ring (bicyclic) bond motifs is 2. The lowest BCUT2D eigenvalue weighted by atomic mass is 10.1. The van der Waals surface area contributed by atoms with Gasteiger partial charge in [0, 0.05) is 25.0 Å². The Balaban J connectivity index is 1.63. The second kappa shape index (κ2) is 10.5. The van der Waals surface area contributed by atoms with Crippen molar-refractivity contribution in [3.63, 3.8) is 0 Å². The first-order chi connectivity index (χ1) is 15.4. The number of carbonyl (C=O) groups excluding carboxylic acids is 1. The minimum atomic E-state index is -1.26. The summed E-state index contributed by atoms with van der Waals surface area (Å²) in [5.41, 5.74) is 3.58. The van der Waals surface area contributed by atoms with Crippen LogP contribution in [0.15, 0.2) is 42.5 Å². The Bertz CT molecular complexity index is 1150. The molecule has 0 aliphatic rings. The van der Waals surface area contributed by atoms with Gasteiger partial charge in [0.05, 0.1) is 6.61 Å². The summed E-state index contributed by atoms with van der Waals surface area (Å²) in [6, 6.07) is 12.4. The number of hydrogen-bond donors (Lipinski definition) is 3. The van der Waals surface area contributed by atoms with Crippen LogP contribution in [0, 0.1) is 0 Å². The van der Waals surface area contributed by atoms with Gasteiger partial charge in [-0.25, -0.2) is 9.78 Å². The number of hydrogen-bond acceptors (Lipinski definition) is 5. The molecule has 0 radical (unpaired) electrons. The Labute approximate surface area is 184 Å². The lowest BCUT2D eigenvalue weighted by molar-refractivity contribution is -0.641. The average molecular weight is 440 g/mol. The average Bonchev–Trinajstić information content (AvgIpc) is 2.77. The highest BCUT2D eigenvalue weighted by Gasteiger charge is 2.21. The van der Waals surface area contributed by atoms with Crippen molar-refractivity contribution in [3.05, 3.63) is 42.5 Å². The predicted octanol–water partition coefficient (Wildman–Crippen LogP) is 2.29. The molecule has 1 aromatic heterocycles. The van der Waals surface area contributed by atoms with Gasteiger partial charge in [-0.1, -0.05) is 18.2 Å². The van der Waals surface area contributed by atoms with Gasteiger partial charge in [0.15, 0.2) is 11.3 Å². The largest absolute Gasteiger partial charge is 0.491 e. The molecule has 1 heterocycles. The first-order valence-electron chi connectivity index (χ1n) is 10.5. The third-order valence-corrected chi connectivity index (χ3v) is 5.08. The van der Waals surface area contributed by atoms with Crippen LogP contribution in [-0.4, -0.2) is 45.7 Å². The van der Waals surface area contributed by atoms with E-state index < -0.39 is 23.9 Å². The molecule has 3 N–H and O–H groups in total. The molecule has 1 atom stereocenters. The van der Waals surface area contributed by atoms with E-state index >= 15 is 0 Å². The molecule has 3 aromatic rings. The van der Waals surface area contributed by atoms with Crippen molar-refractivity contribution in [1.82, 2.24) is 10.3 Å². The molecule has 1 unspecified atom stereocenters. The first kappa shape index (κ1) is 22.9. The second-order valence-corrected chi connectivity index (χ2v) is 7.31. The van der Waals surface area contributed by atoms with Gasteiger partial charge in [-0.3, -0.25) is 9.59 Å². The molecule has 0 spiro atoms. The van der Waals surface area contributed by atoms with E-state index in [1.165, 1.54) is 0 Å². The number of carbonyl (C=O) groups is 3. The molecule has 0 saturated heterocycles. The zero-order chi connectivity index (χ0) is 23.1. The molecule has 0 fully saturated rings. The summed E-state index contributed by atoms with van der Waals surface area (Å²) in [7, 11) is 0. The molecule has 0 aliphatic carbocycles. The van der Waals surface area contributed by atoms with Crippen molar-refractivity contribution in [2.75, 3.05) is 6.61 Å². The molecule has 9 heteroatoms. The summed E-state index contributed by atoms with van der Waals surface area (Å²) >= 11 is 0. The maximum atomic E-state index is 12.1. The van der Waals surface area contributed by atoms with Crippen LogP contribution in [0.1, 0.15) is 32.6 Å². The molecule has 168 valence electrons. The minimum Gasteiger partial charge on any atom is -0.491 e. The van der Waals surface area contributed by atoms with Gasteiger partial charge in [0.25, 0.3) is 0 Å². The van der Waals surface area contributed by atoms with Crippen LogP contribution in [-0.2, 0) is 20.9 Å². The van der Waals surface area contributed by atoms with Gasteiger partial charge in [-0.05, 0) is 31.9 Å². The van der Waals surface area contributed by atoms with Crippen LogP contribution < -0.4 is 14.6 Å². The van der Waals surface area contributed by atoms with E-state index in [4.69, 9.17) is 19.9 Å². The standard InChI is InChI=1S/C23H25N3O6/c1-2-26-17-8-4-3-7-15(17)25-22-18(26)9-5-10-19(22)32-14-6-11-20(27)24-16(23(30)31)12-13-21(28)29/h3-5,7-10,16H,2,6,11-14H2,1H3,(H2-,24,27,28,29,30,31)/p+1. The van der Waals surface area contributed by atoms with Crippen LogP contribution in [0.3, 0.4) is 0 Å². The number of carboxylic acids is 2. The maximum absolute atomic E-state index is 12.1. The Morgan fingerprint density at radius 2 is 1.81 bits per heavy atom. The third-order valence-electron chi connectivity index (χ3n) is 5.08. The highest BCUT2D eigenvalue weighted by molar-refractivity contribution is 5.85. The number of amides is 1. The molecule has 3 rings (SSSR count). The van der Waals surface area contributed by atoms with Crippen LogP contribution >= 0.6 is 0 Å². The van der Waals surface area contributed by atoms with E-state index in [9.17, 15) is 14.4 Å². The highest BCUT2D eigenvalue weighted by Crippen LogP contribution is 2.24. The fourth-order valence-corrected chi connectivity index (χ4v) is 3.54. The number of ether oxygens (including phenoxy) is 1. The fourth-order valence-electron chi connectivity index (χ4n) is 3.54. The number of para-hydroxylation sites is 3. The maximum Gasteiger partial charge on any atom is 0.326 e. The van der Waals surface area contributed by atoms with E-state index in [-0.39, 0.29) is 25.9 Å². The second-order valence-electron chi connectivity index (χ2n) is 7.31. The van der Waals surface area contributed by atoms with E-state index in [0.717, 1.165) is 28.6 Å². The molecule has 0 bridgehead atoms. The number of aliphatic carboxylic acids is 2. The van der Waals surface area contributed by atoms with Crippen molar-refractivity contribution in [2.24, 2.45) is 0 Å². The van der Waals surface area contributed by atoms with E-state index in [1.807, 2.05) is 42.5 Å². The van der Waals surface area contributed by atoms with Gasteiger partial charge in [0.2, 0.25) is 16.9 Å². The molecular weight excluding hydrogens is 414 g/mol. The Morgan fingerprint density at radius 1 is 1.06 bits per heavy atom. The summed E-state index contributed by atoms with van der Waals surface area (Å²) < 4.78 is 8.07. The lowest BCUT2D eigenvalue weighted by Crippen LogP contribution is -2.41. The SMILES string of the molecule is CC[n+]1c2ccccc2nc2c(OCCCC(=O)NC(CCC(=O)O)C(=O)O)cccc21. The Hall–Kier alpha value is -3.75. The number of nitrogens with one attached hydrogen (secondary N) is 1. The molecule has 1 amide bonds. The van der Waals surface area contributed by atoms with Gasteiger partial charge in [-0.2, -0.15) is 4.57 Å². The van der Waals surface area contributed by atoms with E-state index in [0.29, 0.717) is 12.2 Å². The van der Waals surface area contributed by atoms with Crippen LogP contribution in [0.2, 0.25) is 0 Å². The summed E-state index contributed by atoms with van der Waals surface area (Å²) in [5, 5.41) is 20.2. The molecule has 9 nitrogen and oxygen atoms in total. The Kier molecular flexibility index (Phi) is 7.54. The van der Waals surface area contributed by atoms with Crippen molar-refractivity contribution < 1.29 is 33.9 Å². The van der Waals surface area contributed by atoms with Crippen molar-refractivity contribution in [1.29, 1.82) is 0 Å². The number of nitrogens with zero attached hydrogens (tertiary/aromatic N) is 2. The van der Waals surface area contributed by atoms with Crippen LogP contribution in [0.5, 0.6) is 5.75 Å². The third kappa shape index (κ3) is 5.48. The zero-order valence-electron chi connectivity index (χ0n) is 17.8. The normalized spacial score (nSPS) is 11.9. The zero-order valence-corrected chi connectivity index (χ0v) is 17.8.